The molecule has 2 aromatic carbocycles. The van der Waals surface area contributed by atoms with Gasteiger partial charge in [0, 0.05) is 11.4 Å². The van der Waals surface area contributed by atoms with Crippen LogP contribution in [-0.2, 0) is 4.79 Å². The van der Waals surface area contributed by atoms with Gasteiger partial charge in [-0.05, 0) is 50.1 Å². The van der Waals surface area contributed by atoms with Gasteiger partial charge in [0.25, 0.3) is 5.91 Å². The van der Waals surface area contributed by atoms with E-state index in [1.807, 2.05) is 38.1 Å². The maximum Gasteiger partial charge on any atom is 0.319 e. The summed E-state index contributed by atoms with van der Waals surface area (Å²) in [5, 5.41) is 8.45. The Bertz CT molecular complexity index is 1070. The molecule has 3 amide bonds. The summed E-state index contributed by atoms with van der Waals surface area (Å²) in [4.78, 5) is 25.4. The maximum atomic E-state index is 13.2. The van der Waals surface area contributed by atoms with Crippen molar-refractivity contribution in [2.75, 3.05) is 18.5 Å². The Balaban J connectivity index is 1.97. The van der Waals surface area contributed by atoms with Crippen LogP contribution in [0.5, 0.6) is 11.5 Å². The molecule has 0 bridgehead atoms. The number of carbonyl (C=O) groups excluding carboxylic acids is 2. The molecule has 0 fully saturated rings. The number of urea groups is 1. The summed E-state index contributed by atoms with van der Waals surface area (Å²) in [7, 11) is 0. The van der Waals surface area contributed by atoms with Crippen LogP contribution in [0.2, 0.25) is 0 Å². The normalized spacial score (nSPS) is 15.4. The molecule has 7 nitrogen and oxygen atoms in total. The maximum absolute atomic E-state index is 13.2. The first-order chi connectivity index (χ1) is 14.9. The van der Waals surface area contributed by atoms with E-state index < -0.39 is 6.04 Å². The zero-order valence-corrected chi connectivity index (χ0v) is 17.7. The first-order valence-electron chi connectivity index (χ1n) is 9.92. The third-order valence-electron chi connectivity index (χ3n) is 4.82. The van der Waals surface area contributed by atoms with Crippen molar-refractivity contribution in [3.8, 4) is 23.8 Å². The fraction of sp³-hybridized carbons (Fsp3) is 0.250. The van der Waals surface area contributed by atoms with E-state index in [-0.39, 0.29) is 18.5 Å². The van der Waals surface area contributed by atoms with Crippen molar-refractivity contribution in [1.82, 2.24) is 10.6 Å². The highest BCUT2D eigenvalue weighted by Crippen LogP contribution is 2.35. The van der Waals surface area contributed by atoms with E-state index in [4.69, 9.17) is 15.9 Å². The van der Waals surface area contributed by atoms with Crippen LogP contribution in [0.4, 0.5) is 10.5 Å². The van der Waals surface area contributed by atoms with Crippen LogP contribution in [0.25, 0.3) is 0 Å². The number of aryl methyl sites for hydroxylation is 1. The van der Waals surface area contributed by atoms with Crippen LogP contribution in [0, 0.1) is 19.3 Å². The second-order valence-electron chi connectivity index (χ2n) is 6.97. The molecule has 0 aromatic heterocycles. The van der Waals surface area contributed by atoms with E-state index in [1.165, 1.54) is 0 Å². The minimum Gasteiger partial charge on any atom is -0.490 e. The Morgan fingerprint density at radius 3 is 2.65 bits per heavy atom. The van der Waals surface area contributed by atoms with E-state index in [0.717, 1.165) is 5.56 Å². The molecule has 0 aliphatic carbocycles. The highest BCUT2D eigenvalue weighted by molar-refractivity contribution is 6.07. The van der Waals surface area contributed by atoms with Gasteiger partial charge >= 0.3 is 6.03 Å². The number of rotatable bonds is 7. The predicted octanol–water partition coefficient (Wildman–Crippen LogP) is 3.67. The molecular formula is C24H25N3O4. The van der Waals surface area contributed by atoms with Gasteiger partial charge in [0.1, 0.15) is 6.61 Å². The number of allylic oxidation sites excluding steroid dienone is 1. The Labute approximate surface area is 181 Å². The lowest BCUT2D eigenvalue weighted by Crippen LogP contribution is -2.46. The van der Waals surface area contributed by atoms with Crippen LogP contribution in [0.3, 0.4) is 0 Å². The number of amides is 3. The Kier molecular flexibility index (Phi) is 6.83. The topological polar surface area (TPSA) is 88.7 Å². The van der Waals surface area contributed by atoms with Gasteiger partial charge in [0.15, 0.2) is 11.5 Å². The number of terminal acetylenes is 1. The summed E-state index contributed by atoms with van der Waals surface area (Å²) in [5.41, 5.74) is 3.21. The first kappa shape index (κ1) is 21.8. The Morgan fingerprint density at radius 2 is 1.94 bits per heavy atom. The zero-order chi connectivity index (χ0) is 22.4. The molecule has 160 valence electrons. The average Bonchev–Trinajstić information content (AvgIpc) is 2.74. The molecular weight excluding hydrogens is 394 g/mol. The lowest BCUT2D eigenvalue weighted by molar-refractivity contribution is -0.113. The van der Waals surface area contributed by atoms with Gasteiger partial charge in [0.05, 0.1) is 18.2 Å². The van der Waals surface area contributed by atoms with Crippen LogP contribution in [0.1, 0.15) is 31.0 Å². The van der Waals surface area contributed by atoms with Crippen molar-refractivity contribution in [3.05, 3.63) is 64.9 Å². The van der Waals surface area contributed by atoms with E-state index in [1.54, 1.807) is 25.1 Å². The molecule has 0 radical (unpaired) electrons. The average molecular weight is 419 g/mol. The van der Waals surface area contributed by atoms with Gasteiger partial charge < -0.3 is 25.4 Å². The van der Waals surface area contributed by atoms with Crippen molar-refractivity contribution in [2.24, 2.45) is 0 Å². The lowest BCUT2D eigenvalue weighted by atomic mass is 9.94. The molecule has 3 rings (SSSR count). The second-order valence-corrected chi connectivity index (χ2v) is 6.97. The van der Waals surface area contributed by atoms with Crippen LogP contribution < -0.4 is 25.4 Å². The molecule has 2 aromatic rings. The smallest absolute Gasteiger partial charge is 0.319 e. The van der Waals surface area contributed by atoms with Gasteiger partial charge in [-0.15, -0.1) is 6.42 Å². The quantitative estimate of drug-likeness (QED) is 0.598. The van der Waals surface area contributed by atoms with Crippen LogP contribution in [0.15, 0.2) is 53.7 Å². The predicted molar refractivity (Wildman–Crippen MR) is 119 cm³/mol. The number of benzene rings is 2. The molecule has 0 unspecified atom stereocenters. The van der Waals surface area contributed by atoms with E-state index in [9.17, 15) is 9.59 Å². The third kappa shape index (κ3) is 4.98. The highest BCUT2D eigenvalue weighted by Gasteiger charge is 2.32. The molecule has 0 saturated heterocycles. The number of hydrogen-bond acceptors (Lipinski definition) is 4. The fourth-order valence-electron chi connectivity index (χ4n) is 3.36. The van der Waals surface area contributed by atoms with Crippen molar-refractivity contribution >= 4 is 17.6 Å². The largest absolute Gasteiger partial charge is 0.490 e. The summed E-state index contributed by atoms with van der Waals surface area (Å²) in [5.74, 6) is 3.09. The SMILES string of the molecule is C#CCOc1ccc([C@H]2NC(=O)NC(C)=C2C(=O)Nc2ccccc2C)cc1OCC. The molecule has 0 spiro atoms. The van der Waals surface area contributed by atoms with Gasteiger partial charge in [-0.1, -0.05) is 30.2 Å². The Hall–Kier alpha value is -3.92. The molecule has 3 N–H and O–H groups in total. The van der Waals surface area contributed by atoms with Gasteiger partial charge in [-0.3, -0.25) is 4.79 Å². The van der Waals surface area contributed by atoms with Gasteiger partial charge in [-0.25, -0.2) is 4.79 Å². The second kappa shape index (κ2) is 9.72. The minimum absolute atomic E-state index is 0.104. The standard InChI is InChI=1S/C24H25N3O4/c1-5-13-31-19-12-11-17(14-20(19)30-6-2)22-21(16(4)25-24(29)27-22)23(28)26-18-10-8-7-9-15(18)3/h1,7-12,14,22H,6,13H2,2-4H3,(H,26,28)(H2,25,27,29)/t22-/m1/s1. The number of nitrogens with one attached hydrogen (secondary N) is 3. The first-order valence-corrected chi connectivity index (χ1v) is 9.92. The van der Waals surface area contributed by atoms with E-state index in [2.05, 4.69) is 21.9 Å². The van der Waals surface area contributed by atoms with Gasteiger partial charge in [0.2, 0.25) is 0 Å². The Morgan fingerprint density at radius 1 is 1.16 bits per heavy atom. The molecule has 0 saturated carbocycles. The number of carbonyl (C=O) groups is 2. The third-order valence-corrected chi connectivity index (χ3v) is 4.82. The summed E-state index contributed by atoms with van der Waals surface area (Å²) in [6.07, 6.45) is 5.28. The number of ether oxygens (including phenoxy) is 2. The summed E-state index contributed by atoms with van der Waals surface area (Å²) < 4.78 is 11.2. The van der Waals surface area contributed by atoms with Crippen molar-refractivity contribution in [1.29, 1.82) is 0 Å². The summed E-state index contributed by atoms with van der Waals surface area (Å²) in [6.45, 7) is 6.00. The van der Waals surface area contributed by atoms with Gasteiger partial charge in [-0.2, -0.15) is 0 Å². The lowest BCUT2D eigenvalue weighted by Gasteiger charge is -2.29. The molecule has 1 atom stereocenters. The van der Waals surface area contributed by atoms with Crippen molar-refractivity contribution < 1.29 is 19.1 Å². The zero-order valence-electron chi connectivity index (χ0n) is 17.7. The summed E-state index contributed by atoms with van der Waals surface area (Å²) >= 11 is 0. The molecule has 7 heteroatoms. The van der Waals surface area contributed by atoms with Crippen LogP contribution in [-0.4, -0.2) is 25.2 Å². The highest BCUT2D eigenvalue weighted by atomic mass is 16.5. The molecule has 1 aliphatic rings. The molecule has 1 aliphatic heterocycles. The van der Waals surface area contributed by atoms with E-state index in [0.29, 0.717) is 40.6 Å². The van der Waals surface area contributed by atoms with Crippen molar-refractivity contribution in [3.63, 3.8) is 0 Å². The van der Waals surface area contributed by atoms with Crippen LogP contribution >= 0.6 is 0 Å². The number of hydrogen-bond donors (Lipinski definition) is 3. The molecule has 31 heavy (non-hydrogen) atoms. The number of para-hydroxylation sites is 1. The fourth-order valence-corrected chi connectivity index (χ4v) is 3.36. The summed E-state index contributed by atoms with van der Waals surface area (Å²) in [6, 6.07) is 11.7. The van der Waals surface area contributed by atoms with Crippen molar-refractivity contribution in [2.45, 2.75) is 26.8 Å². The number of anilines is 1. The molecule has 1 heterocycles. The monoisotopic (exact) mass is 419 g/mol. The minimum atomic E-state index is -0.668. The van der Waals surface area contributed by atoms with E-state index >= 15 is 0 Å².